The number of carbonyl (C=O) groups excluding carboxylic acids is 2. The Bertz CT molecular complexity index is 1080. The van der Waals surface area contributed by atoms with E-state index in [4.69, 9.17) is 0 Å². The van der Waals surface area contributed by atoms with Crippen LogP contribution >= 0.6 is 11.3 Å². The molecule has 1 aromatic heterocycles. The number of aromatic nitrogens is 1. The first-order valence-corrected chi connectivity index (χ1v) is 10.8. The molecule has 1 aliphatic rings. The largest absolute Gasteiger partial charge is 0.368 e. The molecule has 31 heavy (non-hydrogen) atoms. The Balaban J connectivity index is 1.31. The number of halogens is 1. The highest BCUT2D eigenvalue weighted by atomic mass is 32.1. The van der Waals surface area contributed by atoms with E-state index >= 15 is 0 Å². The molecule has 160 valence electrons. The van der Waals surface area contributed by atoms with Crippen LogP contribution in [0.25, 0.3) is 0 Å². The lowest BCUT2D eigenvalue weighted by molar-refractivity contribution is 0.0741. The molecule has 2 N–H and O–H groups in total. The predicted octanol–water partition coefficient (Wildman–Crippen LogP) is 4.20. The Labute approximate surface area is 183 Å². The minimum Gasteiger partial charge on any atom is -0.368 e. The molecule has 2 aromatic carbocycles. The van der Waals surface area contributed by atoms with Gasteiger partial charge in [-0.15, -0.1) is 11.3 Å². The summed E-state index contributed by atoms with van der Waals surface area (Å²) in [4.78, 5) is 33.1. The van der Waals surface area contributed by atoms with Gasteiger partial charge in [-0.25, -0.2) is 14.2 Å². The quantitative estimate of drug-likeness (QED) is 0.639. The molecule has 0 spiro atoms. The zero-order valence-electron chi connectivity index (χ0n) is 17.0. The van der Waals surface area contributed by atoms with E-state index in [1.807, 2.05) is 25.1 Å². The number of carbonyl (C=O) groups is 2. The number of hydrogen-bond acceptors (Lipinski definition) is 5. The normalized spacial score (nSPS) is 13.7. The highest BCUT2D eigenvalue weighted by molar-refractivity contribution is 7.14. The van der Waals surface area contributed by atoms with Crippen LogP contribution < -0.4 is 15.5 Å². The number of anilines is 3. The molecule has 0 saturated carbocycles. The molecular formula is C22H22FN5O2S. The summed E-state index contributed by atoms with van der Waals surface area (Å²) in [5.41, 5.74) is 2.98. The molecule has 0 atom stereocenters. The number of amides is 3. The van der Waals surface area contributed by atoms with E-state index in [1.165, 1.54) is 23.5 Å². The Hall–Kier alpha value is -3.46. The lowest BCUT2D eigenvalue weighted by Gasteiger charge is -2.35. The third-order valence-corrected chi connectivity index (χ3v) is 5.74. The second-order valence-electron chi connectivity index (χ2n) is 7.24. The van der Waals surface area contributed by atoms with Gasteiger partial charge in [0.2, 0.25) is 0 Å². The maximum atomic E-state index is 13.1. The van der Waals surface area contributed by atoms with Crippen molar-refractivity contribution in [3.63, 3.8) is 0 Å². The van der Waals surface area contributed by atoms with Gasteiger partial charge in [0.1, 0.15) is 11.5 Å². The summed E-state index contributed by atoms with van der Waals surface area (Å²) in [5, 5.41) is 7.43. The van der Waals surface area contributed by atoms with Gasteiger partial charge in [-0.05, 0) is 48.9 Å². The zero-order chi connectivity index (χ0) is 21.8. The SMILES string of the molecule is Cc1cccc(NC(=O)Nc2nc(C(=O)N3CCN(c4ccc(F)cc4)CC3)cs2)c1. The molecule has 0 radical (unpaired) electrons. The zero-order valence-corrected chi connectivity index (χ0v) is 17.8. The molecule has 0 aliphatic carbocycles. The van der Waals surface area contributed by atoms with Crippen LogP contribution in [-0.2, 0) is 0 Å². The van der Waals surface area contributed by atoms with E-state index in [0.29, 0.717) is 42.7 Å². The summed E-state index contributed by atoms with van der Waals surface area (Å²) < 4.78 is 13.1. The van der Waals surface area contributed by atoms with Crippen LogP contribution in [0.3, 0.4) is 0 Å². The number of rotatable bonds is 4. The first-order chi connectivity index (χ1) is 15.0. The van der Waals surface area contributed by atoms with E-state index in [1.54, 1.807) is 28.5 Å². The summed E-state index contributed by atoms with van der Waals surface area (Å²) in [5.74, 6) is -0.430. The first-order valence-electron chi connectivity index (χ1n) is 9.88. The van der Waals surface area contributed by atoms with Crippen molar-refractivity contribution in [3.8, 4) is 0 Å². The Morgan fingerprint density at radius 2 is 1.77 bits per heavy atom. The molecule has 9 heteroatoms. The molecule has 1 saturated heterocycles. The fourth-order valence-electron chi connectivity index (χ4n) is 3.39. The number of thiazole rings is 1. The number of urea groups is 1. The smallest absolute Gasteiger partial charge is 0.325 e. The van der Waals surface area contributed by atoms with Crippen molar-refractivity contribution < 1.29 is 14.0 Å². The number of hydrogen-bond donors (Lipinski definition) is 2. The van der Waals surface area contributed by atoms with Gasteiger partial charge < -0.3 is 15.1 Å². The summed E-state index contributed by atoms with van der Waals surface area (Å²) in [6.07, 6.45) is 0. The minimum absolute atomic E-state index is 0.165. The molecule has 4 rings (SSSR count). The van der Waals surface area contributed by atoms with E-state index in [-0.39, 0.29) is 11.7 Å². The van der Waals surface area contributed by atoms with Gasteiger partial charge in [0.05, 0.1) is 0 Å². The molecule has 0 bridgehead atoms. The number of benzene rings is 2. The highest BCUT2D eigenvalue weighted by Gasteiger charge is 2.24. The van der Waals surface area contributed by atoms with Crippen LogP contribution in [0.2, 0.25) is 0 Å². The number of aryl methyl sites for hydroxylation is 1. The Morgan fingerprint density at radius 3 is 2.48 bits per heavy atom. The average molecular weight is 440 g/mol. The van der Waals surface area contributed by atoms with Crippen LogP contribution in [0.4, 0.5) is 25.7 Å². The van der Waals surface area contributed by atoms with Gasteiger partial charge >= 0.3 is 6.03 Å². The van der Waals surface area contributed by atoms with Crippen molar-refractivity contribution in [1.82, 2.24) is 9.88 Å². The van der Waals surface area contributed by atoms with Gasteiger partial charge in [-0.2, -0.15) is 0 Å². The summed E-state index contributed by atoms with van der Waals surface area (Å²) in [6.45, 7) is 4.35. The van der Waals surface area contributed by atoms with Crippen LogP contribution in [-0.4, -0.2) is 48.0 Å². The fourth-order valence-corrected chi connectivity index (χ4v) is 4.07. The van der Waals surface area contributed by atoms with Crippen LogP contribution in [0, 0.1) is 12.7 Å². The third kappa shape index (κ3) is 5.18. The summed E-state index contributed by atoms with van der Waals surface area (Å²) in [6, 6.07) is 13.4. The van der Waals surface area contributed by atoms with Crippen molar-refractivity contribution in [3.05, 3.63) is 71.0 Å². The van der Waals surface area contributed by atoms with Gasteiger partial charge in [-0.1, -0.05) is 12.1 Å². The van der Waals surface area contributed by atoms with Crippen molar-refractivity contribution in [1.29, 1.82) is 0 Å². The standard InChI is InChI=1S/C22H22FN5O2S/c1-15-3-2-4-17(13-15)24-21(30)26-22-25-19(14-31-22)20(29)28-11-9-27(10-12-28)18-7-5-16(23)6-8-18/h2-8,13-14H,9-12H2,1H3,(H2,24,25,26,30). The maximum Gasteiger partial charge on any atom is 0.325 e. The molecule has 3 amide bonds. The van der Waals surface area contributed by atoms with Gasteiger partial charge in [-0.3, -0.25) is 10.1 Å². The Morgan fingerprint density at radius 1 is 1.03 bits per heavy atom. The molecule has 1 fully saturated rings. The van der Waals surface area contributed by atoms with Gasteiger partial charge in [0.25, 0.3) is 5.91 Å². The van der Waals surface area contributed by atoms with Gasteiger partial charge in [0.15, 0.2) is 5.13 Å². The average Bonchev–Trinajstić information content (AvgIpc) is 3.22. The van der Waals surface area contributed by atoms with Crippen LogP contribution in [0.5, 0.6) is 0 Å². The third-order valence-electron chi connectivity index (χ3n) is 4.98. The van der Waals surface area contributed by atoms with Crippen molar-refractivity contribution in [2.24, 2.45) is 0 Å². The topological polar surface area (TPSA) is 77.6 Å². The molecule has 7 nitrogen and oxygen atoms in total. The van der Waals surface area contributed by atoms with E-state index < -0.39 is 6.03 Å². The second-order valence-corrected chi connectivity index (χ2v) is 8.10. The molecule has 0 unspecified atom stereocenters. The Kier molecular flexibility index (Phi) is 6.13. The van der Waals surface area contributed by atoms with Crippen molar-refractivity contribution in [2.75, 3.05) is 41.7 Å². The number of nitrogens with one attached hydrogen (secondary N) is 2. The molecular weight excluding hydrogens is 417 g/mol. The summed E-state index contributed by atoms with van der Waals surface area (Å²) in [7, 11) is 0. The maximum absolute atomic E-state index is 13.1. The van der Waals surface area contributed by atoms with Crippen LogP contribution in [0.1, 0.15) is 16.1 Å². The lowest BCUT2D eigenvalue weighted by atomic mass is 10.2. The van der Waals surface area contributed by atoms with Crippen LogP contribution in [0.15, 0.2) is 53.9 Å². The second kappa shape index (κ2) is 9.13. The number of piperazine rings is 1. The fraction of sp³-hybridized carbons (Fsp3) is 0.227. The molecule has 1 aliphatic heterocycles. The van der Waals surface area contributed by atoms with E-state index in [9.17, 15) is 14.0 Å². The highest BCUT2D eigenvalue weighted by Crippen LogP contribution is 2.20. The van der Waals surface area contributed by atoms with Gasteiger partial charge in [0, 0.05) is 42.9 Å². The summed E-state index contributed by atoms with van der Waals surface area (Å²) >= 11 is 1.21. The number of nitrogens with zero attached hydrogens (tertiary/aromatic N) is 3. The monoisotopic (exact) mass is 439 g/mol. The van der Waals surface area contributed by atoms with Crippen molar-refractivity contribution in [2.45, 2.75) is 6.92 Å². The molecule has 2 heterocycles. The van der Waals surface area contributed by atoms with E-state index in [0.717, 1.165) is 11.3 Å². The van der Waals surface area contributed by atoms with Crippen molar-refractivity contribution >= 4 is 39.8 Å². The minimum atomic E-state index is -0.410. The lowest BCUT2D eigenvalue weighted by Crippen LogP contribution is -2.48. The van der Waals surface area contributed by atoms with E-state index in [2.05, 4.69) is 20.5 Å². The molecule has 3 aromatic rings. The first kappa shape index (κ1) is 20.8. The predicted molar refractivity (Wildman–Crippen MR) is 120 cm³/mol.